The van der Waals surface area contributed by atoms with Gasteiger partial charge in [0.2, 0.25) is 5.91 Å². The summed E-state index contributed by atoms with van der Waals surface area (Å²) in [6.07, 6.45) is 1.82. The first kappa shape index (κ1) is 17.4. The van der Waals surface area contributed by atoms with Gasteiger partial charge >= 0.3 is 0 Å². The highest BCUT2D eigenvalue weighted by Crippen LogP contribution is 2.23. The molecule has 0 atom stereocenters. The number of rotatable bonds is 8. The van der Waals surface area contributed by atoms with Crippen molar-refractivity contribution in [1.82, 2.24) is 10.3 Å². The number of carbonyl (C=O) groups excluding carboxylic acids is 2. The molecule has 0 unspecified atom stereocenters. The van der Waals surface area contributed by atoms with E-state index >= 15 is 0 Å². The van der Waals surface area contributed by atoms with Gasteiger partial charge in [-0.3, -0.25) is 9.59 Å². The van der Waals surface area contributed by atoms with Crippen molar-refractivity contribution < 1.29 is 14.0 Å². The molecule has 23 heavy (non-hydrogen) atoms. The van der Waals surface area contributed by atoms with E-state index in [9.17, 15) is 14.0 Å². The van der Waals surface area contributed by atoms with E-state index in [2.05, 4.69) is 16.9 Å². The summed E-state index contributed by atoms with van der Waals surface area (Å²) in [7, 11) is 0. The van der Waals surface area contributed by atoms with Gasteiger partial charge in [-0.25, -0.2) is 9.37 Å². The predicted octanol–water partition coefficient (Wildman–Crippen LogP) is 3.10. The van der Waals surface area contributed by atoms with Gasteiger partial charge in [0.25, 0.3) is 0 Å². The molecule has 0 fully saturated rings. The van der Waals surface area contributed by atoms with Gasteiger partial charge in [-0.05, 0) is 24.3 Å². The van der Waals surface area contributed by atoms with Gasteiger partial charge < -0.3 is 5.32 Å². The fourth-order valence-electron chi connectivity index (χ4n) is 1.70. The normalized spacial score (nSPS) is 10.3. The Morgan fingerprint density at radius 2 is 2.09 bits per heavy atom. The SMILES string of the molecule is C=CCNC(=O)Cc1csc(SCC(=O)c2ccc(F)cc2)n1. The molecule has 7 heteroatoms. The van der Waals surface area contributed by atoms with Crippen LogP contribution in [0.2, 0.25) is 0 Å². The molecular weight excluding hydrogens is 335 g/mol. The van der Waals surface area contributed by atoms with Crippen molar-refractivity contribution in [3.8, 4) is 0 Å². The zero-order valence-electron chi connectivity index (χ0n) is 12.3. The van der Waals surface area contributed by atoms with E-state index in [4.69, 9.17) is 0 Å². The van der Waals surface area contributed by atoms with E-state index < -0.39 is 0 Å². The number of ketones is 1. The smallest absolute Gasteiger partial charge is 0.226 e. The first-order chi connectivity index (χ1) is 11.1. The van der Waals surface area contributed by atoms with Gasteiger partial charge in [-0.1, -0.05) is 17.8 Å². The van der Waals surface area contributed by atoms with Gasteiger partial charge in [0.15, 0.2) is 10.1 Å². The molecule has 1 N–H and O–H groups in total. The summed E-state index contributed by atoms with van der Waals surface area (Å²) < 4.78 is 13.6. The number of hydrogen-bond acceptors (Lipinski definition) is 5. The maximum absolute atomic E-state index is 12.8. The standard InChI is InChI=1S/C16H15FN2O2S2/c1-2-7-18-15(21)8-13-9-22-16(19-13)23-10-14(20)11-3-5-12(17)6-4-11/h2-6,9H,1,7-8,10H2,(H,18,21). The first-order valence-electron chi connectivity index (χ1n) is 6.82. The molecule has 0 bridgehead atoms. The third-order valence-corrected chi connectivity index (χ3v) is 4.88. The number of thiazole rings is 1. The van der Waals surface area contributed by atoms with Crippen LogP contribution in [0.3, 0.4) is 0 Å². The molecule has 120 valence electrons. The minimum Gasteiger partial charge on any atom is -0.352 e. The van der Waals surface area contributed by atoms with Gasteiger partial charge in [-0.15, -0.1) is 17.9 Å². The van der Waals surface area contributed by atoms with E-state index in [1.807, 2.05) is 0 Å². The van der Waals surface area contributed by atoms with Crippen molar-refractivity contribution in [2.75, 3.05) is 12.3 Å². The Bertz CT molecular complexity index is 698. The van der Waals surface area contributed by atoms with Crippen LogP contribution in [-0.4, -0.2) is 29.0 Å². The number of thioether (sulfide) groups is 1. The highest BCUT2D eigenvalue weighted by Gasteiger charge is 2.11. The Hall–Kier alpha value is -1.99. The molecule has 0 spiro atoms. The summed E-state index contributed by atoms with van der Waals surface area (Å²) in [4.78, 5) is 27.9. The molecule has 0 saturated heterocycles. The molecule has 1 heterocycles. The van der Waals surface area contributed by atoms with Crippen LogP contribution in [0.25, 0.3) is 0 Å². The first-order valence-corrected chi connectivity index (χ1v) is 8.68. The lowest BCUT2D eigenvalue weighted by Crippen LogP contribution is -2.25. The van der Waals surface area contributed by atoms with E-state index in [0.29, 0.717) is 17.8 Å². The molecule has 1 amide bonds. The number of Topliss-reactive ketones (excluding diaryl/α,β-unsaturated/α-hetero) is 1. The number of benzene rings is 1. The van der Waals surface area contributed by atoms with Gasteiger partial charge in [-0.2, -0.15) is 0 Å². The largest absolute Gasteiger partial charge is 0.352 e. The molecule has 0 aliphatic rings. The maximum Gasteiger partial charge on any atom is 0.226 e. The topological polar surface area (TPSA) is 59.1 Å². The van der Waals surface area contributed by atoms with Crippen LogP contribution in [-0.2, 0) is 11.2 Å². The summed E-state index contributed by atoms with van der Waals surface area (Å²) in [6, 6.07) is 5.47. The number of nitrogens with zero attached hydrogens (tertiary/aromatic N) is 1. The Balaban J connectivity index is 1.84. The van der Waals surface area contributed by atoms with Crippen molar-refractivity contribution >= 4 is 34.8 Å². The molecule has 0 saturated carbocycles. The average Bonchev–Trinajstić information content (AvgIpc) is 2.98. The number of carbonyl (C=O) groups is 2. The second-order valence-electron chi connectivity index (χ2n) is 4.59. The number of aromatic nitrogens is 1. The zero-order valence-corrected chi connectivity index (χ0v) is 13.9. The summed E-state index contributed by atoms with van der Waals surface area (Å²) in [6.45, 7) is 3.96. The van der Waals surface area contributed by atoms with Crippen LogP contribution in [0.1, 0.15) is 16.1 Å². The maximum atomic E-state index is 12.8. The lowest BCUT2D eigenvalue weighted by molar-refractivity contribution is -0.120. The predicted molar refractivity (Wildman–Crippen MR) is 90.5 cm³/mol. The van der Waals surface area contributed by atoms with Gasteiger partial charge in [0, 0.05) is 17.5 Å². The highest BCUT2D eigenvalue weighted by atomic mass is 32.2. The van der Waals surface area contributed by atoms with Gasteiger partial charge in [0.1, 0.15) is 5.82 Å². The minimum atomic E-state index is -0.367. The minimum absolute atomic E-state index is 0.0875. The zero-order chi connectivity index (χ0) is 16.7. The summed E-state index contributed by atoms with van der Waals surface area (Å²) >= 11 is 2.70. The van der Waals surface area contributed by atoms with Crippen molar-refractivity contribution in [2.45, 2.75) is 10.8 Å². The van der Waals surface area contributed by atoms with Crippen LogP contribution in [0.4, 0.5) is 4.39 Å². The van der Waals surface area contributed by atoms with Crippen LogP contribution < -0.4 is 5.32 Å². The Morgan fingerprint density at radius 3 is 2.78 bits per heavy atom. The van der Waals surface area contributed by atoms with Crippen molar-refractivity contribution in [3.63, 3.8) is 0 Å². The number of nitrogens with one attached hydrogen (secondary N) is 1. The van der Waals surface area contributed by atoms with E-state index in [1.54, 1.807) is 11.5 Å². The van der Waals surface area contributed by atoms with Crippen LogP contribution in [0.15, 0.2) is 46.6 Å². The average molecular weight is 350 g/mol. The molecule has 1 aromatic carbocycles. The van der Waals surface area contributed by atoms with Crippen LogP contribution in [0.5, 0.6) is 0 Å². The van der Waals surface area contributed by atoms with Crippen molar-refractivity contribution in [2.24, 2.45) is 0 Å². The quantitative estimate of drug-likeness (QED) is 0.451. The fraction of sp³-hybridized carbons (Fsp3) is 0.188. The molecule has 4 nitrogen and oxygen atoms in total. The molecule has 2 rings (SSSR count). The van der Waals surface area contributed by atoms with E-state index in [-0.39, 0.29) is 29.7 Å². The Morgan fingerprint density at radius 1 is 1.35 bits per heavy atom. The molecule has 1 aromatic heterocycles. The van der Waals surface area contributed by atoms with E-state index in [0.717, 1.165) is 4.34 Å². The Kier molecular flexibility index (Phi) is 6.49. The Labute approximate surface area is 141 Å². The highest BCUT2D eigenvalue weighted by molar-refractivity contribution is 8.01. The summed E-state index contributed by atoms with van der Waals surface area (Å²) in [5.41, 5.74) is 1.15. The van der Waals surface area contributed by atoms with Crippen molar-refractivity contribution in [1.29, 1.82) is 0 Å². The lowest BCUT2D eigenvalue weighted by atomic mass is 10.1. The number of amides is 1. The van der Waals surface area contributed by atoms with Crippen LogP contribution in [0, 0.1) is 5.82 Å². The van der Waals surface area contributed by atoms with Gasteiger partial charge in [0.05, 0.1) is 17.9 Å². The number of halogens is 1. The third kappa shape index (κ3) is 5.61. The summed E-state index contributed by atoms with van der Waals surface area (Å²) in [5.74, 6) is -0.348. The van der Waals surface area contributed by atoms with E-state index in [1.165, 1.54) is 47.4 Å². The molecule has 0 aliphatic heterocycles. The third-order valence-electron chi connectivity index (χ3n) is 2.81. The second-order valence-corrected chi connectivity index (χ2v) is 6.67. The molecule has 2 aromatic rings. The van der Waals surface area contributed by atoms with Crippen LogP contribution >= 0.6 is 23.1 Å². The monoisotopic (exact) mass is 350 g/mol. The molecule has 0 radical (unpaired) electrons. The molecular formula is C16H15FN2O2S2. The number of hydrogen-bond donors (Lipinski definition) is 1. The van der Waals surface area contributed by atoms with Crippen molar-refractivity contribution in [3.05, 3.63) is 59.4 Å². The molecule has 0 aliphatic carbocycles. The second kappa shape index (κ2) is 8.59. The summed E-state index contributed by atoms with van der Waals surface area (Å²) in [5, 5.41) is 4.49. The lowest BCUT2D eigenvalue weighted by Gasteiger charge is -2.00. The fourth-order valence-corrected chi connectivity index (χ4v) is 3.43.